The summed E-state index contributed by atoms with van der Waals surface area (Å²) in [6.45, 7) is 0. The first kappa shape index (κ1) is 20.8. The first-order chi connectivity index (χ1) is 17.3. The van der Waals surface area contributed by atoms with Gasteiger partial charge >= 0.3 is 0 Å². The Morgan fingerprint density at radius 2 is 0.543 bits per heavy atom. The molecule has 6 rings (SSSR count). The molecule has 35 heavy (non-hydrogen) atoms. The number of rotatable bonds is 6. The van der Waals surface area contributed by atoms with Crippen molar-refractivity contribution in [1.82, 2.24) is 0 Å². The fourth-order valence-electron chi connectivity index (χ4n) is 4.02. The molecule has 0 radical (unpaired) electrons. The van der Waals surface area contributed by atoms with Crippen molar-refractivity contribution in [3.05, 3.63) is 133 Å². The first-order valence-corrected chi connectivity index (χ1v) is 11.5. The normalized spacial score (nSPS) is 10.9. The van der Waals surface area contributed by atoms with Gasteiger partial charge in [-0.15, -0.1) is 0 Å². The van der Waals surface area contributed by atoms with Gasteiger partial charge in [0.2, 0.25) is 0 Å². The fourth-order valence-corrected chi connectivity index (χ4v) is 4.02. The molecule has 0 N–H and O–H groups in total. The molecule has 0 saturated carbocycles. The quantitative estimate of drug-likeness (QED) is 0.251. The van der Waals surface area contributed by atoms with Gasteiger partial charge in [0.1, 0.15) is 34.5 Å². The lowest BCUT2D eigenvalue weighted by atomic mass is 10.1. The maximum absolute atomic E-state index is 6.02. The van der Waals surface area contributed by atoms with Crippen LogP contribution in [-0.2, 0) is 0 Å². The van der Waals surface area contributed by atoms with Gasteiger partial charge < -0.3 is 14.2 Å². The van der Waals surface area contributed by atoms with E-state index in [4.69, 9.17) is 14.2 Å². The van der Waals surface area contributed by atoms with Crippen LogP contribution in [0.25, 0.3) is 21.5 Å². The van der Waals surface area contributed by atoms with Crippen molar-refractivity contribution < 1.29 is 14.2 Å². The average molecular weight is 455 g/mol. The molecule has 0 amide bonds. The highest BCUT2D eigenvalue weighted by Crippen LogP contribution is 2.31. The summed E-state index contributed by atoms with van der Waals surface area (Å²) in [6, 6.07) is 43.9. The summed E-state index contributed by atoms with van der Waals surface area (Å²) < 4.78 is 18.0. The van der Waals surface area contributed by atoms with Crippen LogP contribution in [-0.4, -0.2) is 0 Å². The van der Waals surface area contributed by atoms with Crippen molar-refractivity contribution in [2.45, 2.75) is 0 Å². The summed E-state index contributed by atoms with van der Waals surface area (Å²) in [4.78, 5) is 0. The van der Waals surface area contributed by atoms with E-state index in [0.717, 1.165) is 45.3 Å². The molecule has 0 fully saturated rings. The van der Waals surface area contributed by atoms with E-state index in [1.165, 1.54) is 10.8 Å². The van der Waals surface area contributed by atoms with Crippen LogP contribution >= 0.6 is 0 Å². The topological polar surface area (TPSA) is 27.7 Å². The Balaban J connectivity index is 1.10. The summed E-state index contributed by atoms with van der Waals surface area (Å²) >= 11 is 0. The smallest absolute Gasteiger partial charge is 0.128 e. The Morgan fingerprint density at radius 3 is 0.914 bits per heavy atom. The molecule has 6 aromatic carbocycles. The predicted molar refractivity (Wildman–Crippen MR) is 141 cm³/mol. The number of ether oxygens (including phenoxy) is 3. The van der Waals surface area contributed by atoms with Crippen molar-refractivity contribution in [3.8, 4) is 34.5 Å². The molecule has 0 saturated heterocycles. The van der Waals surface area contributed by atoms with Gasteiger partial charge in [0.05, 0.1) is 0 Å². The van der Waals surface area contributed by atoms with Gasteiger partial charge in [0.15, 0.2) is 0 Å². The molecular formula is C32H22O3. The molecule has 0 aliphatic heterocycles. The van der Waals surface area contributed by atoms with E-state index in [1.54, 1.807) is 0 Å². The summed E-state index contributed by atoms with van der Waals surface area (Å²) in [5, 5.41) is 4.69. The zero-order chi connectivity index (χ0) is 23.5. The number of fused-ring (bicyclic) bond motifs is 2. The lowest BCUT2D eigenvalue weighted by molar-refractivity contribution is 0.464. The monoisotopic (exact) mass is 454 g/mol. The molecule has 0 aliphatic carbocycles. The van der Waals surface area contributed by atoms with Gasteiger partial charge in [0, 0.05) is 0 Å². The first-order valence-electron chi connectivity index (χ1n) is 11.5. The zero-order valence-electron chi connectivity index (χ0n) is 18.9. The van der Waals surface area contributed by atoms with E-state index in [9.17, 15) is 0 Å². The Bertz CT molecular complexity index is 1480. The van der Waals surface area contributed by atoms with Gasteiger partial charge in [0.25, 0.3) is 0 Å². The average Bonchev–Trinajstić information content (AvgIpc) is 2.91. The largest absolute Gasteiger partial charge is 0.457 e. The van der Waals surface area contributed by atoms with Crippen LogP contribution in [0.5, 0.6) is 34.5 Å². The molecule has 0 spiro atoms. The van der Waals surface area contributed by atoms with Crippen LogP contribution in [0.2, 0.25) is 0 Å². The minimum Gasteiger partial charge on any atom is -0.457 e. The number of hydrogen-bond acceptors (Lipinski definition) is 3. The SMILES string of the molecule is c1ccc2cc(Oc3ccc(Oc4ccc(Oc5ccc6ccccc6c5)cc4)cc3)ccc2c1. The Labute approximate surface area is 203 Å². The van der Waals surface area contributed by atoms with Gasteiger partial charge in [-0.2, -0.15) is 0 Å². The van der Waals surface area contributed by atoms with Crippen LogP contribution in [0.15, 0.2) is 133 Å². The summed E-state index contributed by atoms with van der Waals surface area (Å²) in [7, 11) is 0. The van der Waals surface area contributed by atoms with Crippen molar-refractivity contribution in [1.29, 1.82) is 0 Å². The molecule has 0 aromatic heterocycles. The van der Waals surface area contributed by atoms with Gasteiger partial charge in [-0.3, -0.25) is 0 Å². The van der Waals surface area contributed by atoms with E-state index in [-0.39, 0.29) is 0 Å². The Hall–Kier alpha value is -4.76. The van der Waals surface area contributed by atoms with Crippen LogP contribution in [0.3, 0.4) is 0 Å². The zero-order valence-corrected chi connectivity index (χ0v) is 18.9. The van der Waals surface area contributed by atoms with Crippen LogP contribution in [0.1, 0.15) is 0 Å². The molecule has 0 bridgehead atoms. The van der Waals surface area contributed by atoms with Crippen molar-refractivity contribution in [2.75, 3.05) is 0 Å². The third-order valence-corrected chi connectivity index (χ3v) is 5.80. The van der Waals surface area contributed by atoms with E-state index >= 15 is 0 Å². The maximum Gasteiger partial charge on any atom is 0.128 e. The highest BCUT2D eigenvalue weighted by molar-refractivity contribution is 5.84. The summed E-state index contributed by atoms with van der Waals surface area (Å²) in [5.41, 5.74) is 0. The minimum atomic E-state index is 0.735. The summed E-state index contributed by atoms with van der Waals surface area (Å²) in [6.07, 6.45) is 0. The maximum atomic E-state index is 6.02. The number of hydrogen-bond donors (Lipinski definition) is 0. The van der Waals surface area contributed by atoms with Crippen molar-refractivity contribution in [2.24, 2.45) is 0 Å². The van der Waals surface area contributed by atoms with E-state index in [1.807, 2.05) is 97.1 Å². The van der Waals surface area contributed by atoms with E-state index in [0.29, 0.717) is 0 Å². The van der Waals surface area contributed by atoms with E-state index < -0.39 is 0 Å². The van der Waals surface area contributed by atoms with Crippen LogP contribution in [0.4, 0.5) is 0 Å². The molecule has 3 heteroatoms. The minimum absolute atomic E-state index is 0.735. The molecule has 6 aromatic rings. The molecule has 3 nitrogen and oxygen atoms in total. The molecule has 0 heterocycles. The highest BCUT2D eigenvalue weighted by atomic mass is 16.5. The lowest BCUT2D eigenvalue weighted by Crippen LogP contribution is -1.88. The van der Waals surface area contributed by atoms with Crippen molar-refractivity contribution in [3.63, 3.8) is 0 Å². The highest BCUT2D eigenvalue weighted by Gasteiger charge is 2.04. The number of benzene rings is 6. The predicted octanol–water partition coefficient (Wildman–Crippen LogP) is 9.37. The molecule has 168 valence electrons. The molecule has 0 aliphatic rings. The lowest BCUT2D eigenvalue weighted by Gasteiger charge is -2.10. The standard InChI is InChI=1S/C32H22O3/c1-3-7-25-21-31(11-9-23(25)5-1)34-29-17-13-27(14-18-29)33-28-15-19-30(20-16-28)35-32-12-10-24-6-2-4-8-26(24)22-32/h1-22H. The van der Waals surface area contributed by atoms with Crippen LogP contribution in [0, 0.1) is 0 Å². The van der Waals surface area contributed by atoms with Gasteiger partial charge in [-0.25, -0.2) is 0 Å². The fraction of sp³-hybridized carbons (Fsp3) is 0. The van der Waals surface area contributed by atoms with Crippen molar-refractivity contribution >= 4 is 21.5 Å². The van der Waals surface area contributed by atoms with Gasteiger partial charge in [-0.05, 0) is 94.3 Å². The molecule has 0 atom stereocenters. The second-order valence-electron chi connectivity index (χ2n) is 8.27. The molecular weight excluding hydrogens is 432 g/mol. The van der Waals surface area contributed by atoms with Gasteiger partial charge in [-0.1, -0.05) is 60.7 Å². The summed E-state index contributed by atoms with van der Waals surface area (Å²) in [5.74, 6) is 4.59. The molecule has 0 unspecified atom stereocenters. The van der Waals surface area contributed by atoms with Crippen LogP contribution < -0.4 is 14.2 Å². The second kappa shape index (κ2) is 9.24. The third kappa shape index (κ3) is 4.80. The second-order valence-corrected chi connectivity index (χ2v) is 8.27. The Morgan fingerprint density at radius 1 is 0.257 bits per heavy atom. The van der Waals surface area contributed by atoms with E-state index in [2.05, 4.69) is 36.4 Å². The third-order valence-electron chi connectivity index (χ3n) is 5.80. The Kier molecular flexibility index (Phi) is 5.50.